The zero-order chi connectivity index (χ0) is 36.7. The number of anilines is 2. The number of nitriles is 1. The van der Waals surface area contributed by atoms with E-state index in [9.17, 15) is 15.5 Å². The summed E-state index contributed by atoms with van der Waals surface area (Å²) < 4.78 is 0. The van der Waals surface area contributed by atoms with Gasteiger partial charge in [0.2, 0.25) is 0 Å². The van der Waals surface area contributed by atoms with Gasteiger partial charge in [-0.25, -0.2) is 0 Å². The topological polar surface area (TPSA) is 102 Å². The lowest BCUT2D eigenvalue weighted by atomic mass is 9.99. The Hall–Kier alpha value is -4.37. The van der Waals surface area contributed by atoms with Crippen molar-refractivity contribution in [2.24, 2.45) is 0 Å². The summed E-state index contributed by atoms with van der Waals surface area (Å²) in [6.45, 7) is 13.6. The summed E-state index contributed by atoms with van der Waals surface area (Å²) >= 11 is 7.02. The van der Waals surface area contributed by atoms with Gasteiger partial charge in [0.25, 0.3) is 0 Å². The number of nitrogens with zero attached hydrogens (tertiary/aromatic N) is 6. The van der Waals surface area contributed by atoms with Gasteiger partial charge in [-0.15, -0.1) is 0 Å². The lowest BCUT2D eigenvalue weighted by molar-refractivity contribution is 0.108. The molecule has 0 atom stereocenters. The van der Waals surface area contributed by atoms with Crippen LogP contribution in [0, 0.1) is 18.3 Å². The minimum Gasteiger partial charge on any atom is -0.395 e. The number of rotatable bonds is 12. The molecule has 0 amide bonds. The maximum atomic E-state index is 10.1. The van der Waals surface area contributed by atoms with Gasteiger partial charge in [0, 0.05) is 90.1 Å². The van der Waals surface area contributed by atoms with Crippen LogP contribution in [-0.2, 0) is 13.1 Å². The summed E-state index contributed by atoms with van der Waals surface area (Å²) in [6, 6.07) is 30.1. The number of hydrogen-bond donors (Lipinski definition) is 3. The second-order valence-electron chi connectivity index (χ2n) is 14.2. The van der Waals surface area contributed by atoms with Crippen molar-refractivity contribution in [1.29, 1.82) is 5.26 Å². The Morgan fingerprint density at radius 2 is 1.23 bits per heavy atom. The third-order valence-corrected chi connectivity index (χ3v) is 10.9. The Morgan fingerprint density at radius 3 is 1.77 bits per heavy atom. The van der Waals surface area contributed by atoms with Gasteiger partial charge in [-0.3, -0.25) is 24.6 Å². The van der Waals surface area contributed by atoms with Crippen LogP contribution in [0.5, 0.6) is 0 Å². The first-order valence-electron chi connectivity index (χ1n) is 18.6. The van der Waals surface area contributed by atoms with Crippen molar-refractivity contribution in [3.63, 3.8) is 0 Å². The van der Waals surface area contributed by atoms with Gasteiger partial charge in [0.1, 0.15) is 6.07 Å². The number of fused-ring (bicyclic) bond motifs is 1. The van der Waals surface area contributed by atoms with Crippen LogP contribution in [0.4, 0.5) is 11.4 Å². The summed E-state index contributed by atoms with van der Waals surface area (Å²) in [5.74, 6) is 0. The standard InChI is InChI=1S/C43H48ClN7O2/c1-31-22-37(35-7-3-5-33(24-35)30-51-16-12-49(13-17-51)19-21-53)25-40(44)42(31)47-43-38(27-45)28-46-41-26-36(8-9-39(41)43)34-6-2-4-32(23-34)29-50-14-10-48(11-15-50)18-20-52/h2-9,22-26,28,52-53H,10-21,29-30H2,1H3,(H,46,47). The Labute approximate surface area is 317 Å². The van der Waals surface area contributed by atoms with Gasteiger partial charge in [-0.1, -0.05) is 60.1 Å². The number of β-amino-alcohol motifs (C(OH)–C–C–N with tert-alkyl or cyclic N) is 2. The molecule has 274 valence electrons. The summed E-state index contributed by atoms with van der Waals surface area (Å²) in [5, 5.41) is 33.6. The number of aromatic nitrogens is 1. The van der Waals surface area contributed by atoms with E-state index < -0.39 is 0 Å². The van der Waals surface area contributed by atoms with Gasteiger partial charge in [-0.05, 0) is 76.2 Å². The number of nitrogens with one attached hydrogen (secondary N) is 1. The van der Waals surface area contributed by atoms with E-state index in [1.165, 1.54) is 11.1 Å². The van der Waals surface area contributed by atoms with E-state index in [2.05, 4.69) is 97.7 Å². The Kier molecular flexibility index (Phi) is 12.0. The predicted molar refractivity (Wildman–Crippen MR) is 214 cm³/mol. The summed E-state index contributed by atoms with van der Waals surface area (Å²) in [5.41, 5.74) is 10.6. The van der Waals surface area contributed by atoms with E-state index in [0.717, 1.165) is 123 Å². The molecule has 4 aromatic carbocycles. The lowest BCUT2D eigenvalue weighted by Gasteiger charge is -2.34. The molecule has 0 saturated carbocycles. The molecule has 0 spiro atoms. The first-order chi connectivity index (χ1) is 25.9. The minimum atomic E-state index is 0.209. The molecule has 0 aliphatic carbocycles. The van der Waals surface area contributed by atoms with Gasteiger partial charge in [0.15, 0.2) is 0 Å². The molecule has 0 radical (unpaired) electrons. The van der Waals surface area contributed by atoms with E-state index in [1.54, 1.807) is 6.20 Å². The normalized spacial score (nSPS) is 16.2. The molecule has 2 aliphatic rings. The Bertz CT molecular complexity index is 2060. The van der Waals surface area contributed by atoms with Crippen LogP contribution in [0.15, 0.2) is 85.1 Å². The minimum absolute atomic E-state index is 0.209. The third kappa shape index (κ3) is 8.89. The van der Waals surface area contributed by atoms with E-state index in [4.69, 9.17) is 16.6 Å². The largest absolute Gasteiger partial charge is 0.395 e. The first kappa shape index (κ1) is 37.0. The predicted octanol–water partition coefficient (Wildman–Crippen LogP) is 6.37. The molecule has 3 heterocycles. The summed E-state index contributed by atoms with van der Waals surface area (Å²) in [4.78, 5) is 14.3. The maximum Gasteiger partial charge on any atom is 0.103 e. The monoisotopic (exact) mass is 729 g/mol. The maximum absolute atomic E-state index is 10.1. The third-order valence-electron chi connectivity index (χ3n) is 10.6. The molecule has 0 unspecified atom stereocenters. The number of aliphatic hydroxyl groups is 2. The number of hydrogen-bond acceptors (Lipinski definition) is 9. The van der Waals surface area contributed by atoms with Crippen molar-refractivity contribution in [3.8, 4) is 28.3 Å². The second-order valence-corrected chi connectivity index (χ2v) is 14.7. The molecule has 0 bridgehead atoms. The SMILES string of the molecule is Cc1cc(-c2cccc(CN3CCN(CCO)CC3)c2)cc(Cl)c1Nc1c(C#N)cnc2cc(-c3cccc(CN4CCN(CCO)CC4)c3)ccc12. The summed E-state index contributed by atoms with van der Waals surface area (Å²) in [7, 11) is 0. The van der Waals surface area contributed by atoms with E-state index >= 15 is 0 Å². The van der Waals surface area contributed by atoms with Crippen LogP contribution in [-0.4, -0.2) is 113 Å². The zero-order valence-corrected chi connectivity index (χ0v) is 31.2. The molecule has 2 aliphatic heterocycles. The van der Waals surface area contributed by atoms with Crippen molar-refractivity contribution in [2.75, 3.05) is 84.0 Å². The Balaban J connectivity index is 1.08. The number of aliphatic hydroxyl groups excluding tert-OH is 2. The molecular formula is C43H48ClN7O2. The number of benzene rings is 4. The highest BCUT2D eigenvalue weighted by molar-refractivity contribution is 6.34. The van der Waals surface area contributed by atoms with Crippen molar-refractivity contribution in [2.45, 2.75) is 20.0 Å². The van der Waals surface area contributed by atoms with Crippen molar-refractivity contribution >= 4 is 33.9 Å². The van der Waals surface area contributed by atoms with Crippen LogP contribution in [0.3, 0.4) is 0 Å². The Morgan fingerprint density at radius 1 is 0.679 bits per heavy atom. The number of halogens is 1. The second kappa shape index (κ2) is 17.2. The average molecular weight is 730 g/mol. The van der Waals surface area contributed by atoms with Crippen molar-refractivity contribution in [1.82, 2.24) is 24.6 Å². The van der Waals surface area contributed by atoms with E-state index in [1.807, 2.05) is 19.1 Å². The molecule has 3 N–H and O–H groups in total. The fourth-order valence-electron chi connectivity index (χ4n) is 7.63. The molecule has 2 fully saturated rings. The van der Waals surface area contributed by atoms with Crippen molar-refractivity contribution < 1.29 is 10.2 Å². The van der Waals surface area contributed by atoms with Gasteiger partial charge in [0.05, 0.1) is 40.7 Å². The fourth-order valence-corrected chi connectivity index (χ4v) is 7.94. The van der Waals surface area contributed by atoms with E-state index in [0.29, 0.717) is 16.3 Å². The fraction of sp³-hybridized carbons (Fsp3) is 0.349. The number of pyridine rings is 1. The van der Waals surface area contributed by atoms with Crippen LogP contribution < -0.4 is 5.32 Å². The highest BCUT2D eigenvalue weighted by Gasteiger charge is 2.19. The summed E-state index contributed by atoms with van der Waals surface area (Å²) in [6.07, 6.45) is 1.64. The van der Waals surface area contributed by atoms with E-state index in [-0.39, 0.29) is 13.2 Å². The number of piperazine rings is 2. The van der Waals surface area contributed by atoms with Gasteiger partial charge >= 0.3 is 0 Å². The molecule has 1 aromatic heterocycles. The molecule has 53 heavy (non-hydrogen) atoms. The lowest BCUT2D eigenvalue weighted by Crippen LogP contribution is -2.46. The highest BCUT2D eigenvalue weighted by Crippen LogP contribution is 2.38. The molecule has 5 aromatic rings. The molecule has 7 rings (SSSR count). The molecule has 10 heteroatoms. The zero-order valence-electron chi connectivity index (χ0n) is 30.4. The average Bonchev–Trinajstić information content (AvgIpc) is 3.18. The number of aryl methyl sites for hydroxylation is 1. The van der Waals surface area contributed by atoms with Crippen LogP contribution in [0.25, 0.3) is 33.2 Å². The molecule has 9 nitrogen and oxygen atoms in total. The molecule has 2 saturated heterocycles. The van der Waals surface area contributed by atoms with Crippen molar-refractivity contribution in [3.05, 3.63) is 112 Å². The van der Waals surface area contributed by atoms with Crippen LogP contribution in [0.2, 0.25) is 5.02 Å². The smallest absolute Gasteiger partial charge is 0.103 e. The quantitative estimate of drug-likeness (QED) is 0.135. The van der Waals surface area contributed by atoms with Gasteiger partial charge in [-0.2, -0.15) is 5.26 Å². The van der Waals surface area contributed by atoms with Crippen LogP contribution >= 0.6 is 11.6 Å². The molecular weight excluding hydrogens is 682 g/mol. The highest BCUT2D eigenvalue weighted by atomic mass is 35.5. The first-order valence-corrected chi connectivity index (χ1v) is 19.0. The van der Waals surface area contributed by atoms with Gasteiger partial charge < -0.3 is 15.5 Å². The van der Waals surface area contributed by atoms with Crippen LogP contribution in [0.1, 0.15) is 22.3 Å².